The van der Waals surface area contributed by atoms with Gasteiger partial charge in [0, 0.05) is 30.6 Å². The van der Waals surface area contributed by atoms with Crippen molar-refractivity contribution >= 4 is 28.2 Å². The molecule has 1 fully saturated rings. The number of aromatic amines is 2. The van der Waals surface area contributed by atoms with E-state index in [1.165, 1.54) is 13.5 Å². The summed E-state index contributed by atoms with van der Waals surface area (Å²) in [7, 11) is 1.34. The molecular weight excluding hydrogens is 413 g/mol. The minimum Gasteiger partial charge on any atom is -0.453 e. The van der Waals surface area contributed by atoms with E-state index in [9.17, 15) is 18.0 Å². The van der Waals surface area contributed by atoms with Gasteiger partial charge in [-0.3, -0.25) is 0 Å². The Labute approximate surface area is 177 Å². The number of hydrogen-bond donors (Lipinski definition) is 4. The number of methoxy groups -OCH3 is 1. The van der Waals surface area contributed by atoms with Crippen molar-refractivity contribution in [3.8, 4) is 0 Å². The second-order valence-electron chi connectivity index (χ2n) is 7.44. The van der Waals surface area contributed by atoms with E-state index < -0.39 is 18.8 Å². The molecule has 3 heterocycles. The van der Waals surface area contributed by atoms with E-state index in [0.717, 1.165) is 53.6 Å². The first-order valence-corrected chi connectivity index (χ1v) is 10.3. The molecule has 0 spiro atoms. The zero-order valence-electron chi connectivity index (χ0n) is 17.3. The maximum atomic E-state index is 11.7. The number of imidazole rings is 1. The molecule has 4 rings (SSSR count). The first-order valence-electron chi connectivity index (χ1n) is 10.3. The maximum Gasteiger partial charge on any atom is 0.406 e. The van der Waals surface area contributed by atoms with Crippen molar-refractivity contribution in [3.05, 3.63) is 24.3 Å². The molecule has 0 aromatic carbocycles. The number of hydrogen-bond acceptors (Lipinski definition) is 5. The van der Waals surface area contributed by atoms with Crippen molar-refractivity contribution in [1.29, 1.82) is 0 Å². The monoisotopic (exact) mass is 440 g/mol. The molecule has 3 aromatic heterocycles. The number of ether oxygens (including phenoxy) is 1. The molecule has 170 valence electrons. The number of carbonyl (C=O) groups is 1. The average molecular weight is 440 g/mol. The minimum atomic E-state index is -4.06. The van der Waals surface area contributed by atoms with Crippen LogP contribution in [0.25, 0.3) is 22.1 Å². The van der Waals surface area contributed by atoms with Gasteiger partial charge in [0.05, 0.1) is 25.4 Å². The van der Waals surface area contributed by atoms with E-state index in [-0.39, 0.29) is 6.04 Å². The van der Waals surface area contributed by atoms with E-state index in [2.05, 4.69) is 35.3 Å². The molecule has 0 saturated heterocycles. The molecule has 0 bridgehead atoms. The summed E-state index contributed by atoms with van der Waals surface area (Å²) >= 11 is 0. The summed E-state index contributed by atoms with van der Waals surface area (Å²) in [4.78, 5) is 26.0. The first kappa shape index (κ1) is 22.9. The van der Waals surface area contributed by atoms with Crippen molar-refractivity contribution in [2.45, 2.75) is 50.7 Å². The number of alkyl carbamates (subject to hydrolysis) is 1. The van der Waals surface area contributed by atoms with Crippen molar-refractivity contribution in [3.63, 3.8) is 0 Å². The summed E-state index contributed by atoms with van der Waals surface area (Å²) in [5.74, 6) is 0.807. The second-order valence-corrected chi connectivity index (χ2v) is 7.44. The summed E-state index contributed by atoms with van der Waals surface area (Å²) in [6.07, 6.45) is 4.79. The number of fused-ring (bicyclic) bond motifs is 3. The molecule has 4 N–H and O–H groups in total. The van der Waals surface area contributed by atoms with Gasteiger partial charge in [-0.05, 0) is 18.9 Å². The number of rotatable bonds is 5. The van der Waals surface area contributed by atoms with Crippen LogP contribution in [0.3, 0.4) is 0 Å². The molecule has 0 atom stereocenters. The maximum absolute atomic E-state index is 11.7. The van der Waals surface area contributed by atoms with Gasteiger partial charge in [0.15, 0.2) is 0 Å². The Morgan fingerprint density at radius 1 is 1.29 bits per heavy atom. The molecule has 0 unspecified atom stereocenters. The summed E-state index contributed by atoms with van der Waals surface area (Å²) in [5.41, 5.74) is 2.60. The number of halogens is 3. The van der Waals surface area contributed by atoms with Crippen LogP contribution in [0, 0.1) is 0 Å². The Morgan fingerprint density at radius 3 is 2.77 bits per heavy atom. The van der Waals surface area contributed by atoms with Gasteiger partial charge in [-0.15, -0.1) is 0 Å². The number of pyridine rings is 1. The molecule has 0 aliphatic heterocycles. The smallest absolute Gasteiger partial charge is 0.406 e. The highest BCUT2D eigenvalue weighted by Crippen LogP contribution is 2.21. The van der Waals surface area contributed by atoms with Crippen LogP contribution in [0.15, 0.2) is 18.5 Å². The Hall–Kier alpha value is -2.82. The Balaban J connectivity index is 0.000000196. The molecular formula is C20H27F3N6O2. The summed E-state index contributed by atoms with van der Waals surface area (Å²) in [6, 6.07) is 2.04. The van der Waals surface area contributed by atoms with Gasteiger partial charge in [0.1, 0.15) is 17.0 Å². The third-order valence-corrected chi connectivity index (χ3v) is 5.10. The standard InChI is InChI=1S/C12H13N5O2.C8H14F3N/c1-19-12(18)14-5-3-9-16-8-6-15-11-7(2-4-13-11)10(8)17-9;9-8(10,11)6-12-7-4-2-1-3-5-7/h2,4,6H,3,5H2,1H3,(H,13,15)(H,14,18)(H,16,17);7,12H,1-6H2. The fourth-order valence-electron chi connectivity index (χ4n) is 3.56. The SMILES string of the molecule is COC(=O)NCCc1nc2c(cnc3[nH]ccc32)[nH]1.FC(F)(F)CNC1CCCCC1. The zero-order valence-corrected chi connectivity index (χ0v) is 17.3. The Bertz CT molecular complexity index is 978. The highest BCUT2D eigenvalue weighted by molar-refractivity contribution is 6.00. The van der Waals surface area contributed by atoms with Crippen molar-refractivity contribution < 1.29 is 22.7 Å². The topological polar surface area (TPSA) is 108 Å². The number of nitrogens with zero attached hydrogens (tertiary/aromatic N) is 2. The van der Waals surface area contributed by atoms with Crippen LogP contribution in [-0.2, 0) is 11.2 Å². The fraction of sp³-hybridized carbons (Fsp3) is 0.550. The Kier molecular flexibility index (Phi) is 7.72. The van der Waals surface area contributed by atoms with Gasteiger partial charge in [0.25, 0.3) is 0 Å². The Morgan fingerprint density at radius 2 is 2.06 bits per heavy atom. The van der Waals surface area contributed by atoms with Crippen LogP contribution in [-0.4, -0.2) is 58.4 Å². The van der Waals surface area contributed by atoms with Crippen LogP contribution in [0.4, 0.5) is 18.0 Å². The molecule has 1 amide bonds. The number of H-pyrrole nitrogens is 2. The highest BCUT2D eigenvalue weighted by atomic mass is 19.4. The normalized spacial score (nSPS) is 15.0. The number of alkyl halides is 3. The van der Waals surface area contributed by atoms with Crippen molar-refractivity contribution in [2.75, 3.05) is 20.2 Å². The van der Waals surface area contributed by atoms with Gasteiger partial charge in [-0.2, -0.15) is 13.2 Å². The van der Waals surface area contributed by atoms with Crippen LogP contribution in [0.1, 0.15) is 37.9 Å². The molecule has 1 aliphatic rings. The quantitative estimate of drug-likeness (QED) is 0.483. The van der Waals surface area contributed by atoms with E-state index in [4.69, 9.17) is 0 Å². The molecule has 8 nitrogen and oxygen atoms in total. The lowest BCUT2D eigenvalue weighted by Gasteiger charge is -2.23. The minimum absolute atomic E-state index is 0.0976. The largest absolute Gasteiger partial charge is 0.453 e. The third kappa shape index (κ3) is 6.84. The third-order valence-electron chi connectivity index (χ3n) is 5.10. The summed E-state index contributed by atoms with van der Waals surface area (Å²) < 4.78 is 39.7. The van der Waals surface area contributed by atoms with Crippen molar-refractivity contribution in [2.24, 2.45) is 0 Å². The lowest BCUT2D eigenvalue weighted by Crippen LogP contribution is -2.38. The lowest BCUT2D eigenvalue weighted by atomic mass is 9.95. The predicted octanol–water partition coefficient (Wildman–Crippen LogP) is 3.81. The number of aromatic nitrogens is 4. The van der Waals surface area contributed by atoms with E-state index in [1.54, 1.807) is 6.20 Å². The highest BCUT2D eigenvalue weighted by Gasteiger charge is 2.28. The predicted molar refractivity (Wildman–Crippen MR) is 111 cm³/mol. The zero-order chi connectivity index (χ0) is 22.3. The fourth-order valence-corrected chi connectivity index (χ4v) is 3.56. The van der Waals surface area contributed by atoms with Crippen LogP contribution in [0.2, 0.25) is 0 Å². The van der Waals surface area contributed by atoms with E-state index in [1.807, 2.05) is 12.3 Å². The van der Waals surface area contributed by atoms with Crippen LogP contribution >= 0.6 is 0 Å². The molecule has 31 heavy (non-hydrogen) atoms. The van der Waals surface area contributed by atoms with Crippen LogP contribution in [0.5, 0.6) is 0 Å². The summed E-state index contributed by atoms with van der Waals surface area (Å²) in [5, 5.41) is 6.14. The van der Waals surface area contributed by atoms with E-state index >= 15 is 0 Å². The molecule has 3 aromatic rings. The van der Waals surface area contributed by atoms with Gasteiger partial charge in [-0.25, -0.2) is 14.8 Å². The first-order chi connectivity index (χ1) is 14.9. The molecule has 1 aliphatic carbocycles. The van der Waals surface area contributed by atoms with Gasteiger partial charge in [0.2, 0.25) is 0 Å². The summed E-state index contributed by atoms with van der Waals surface area (Å²) in [6.45, 7) is -0.367. The second kappa shape index (κ2) is 10.5. The number of amides is 1. The van der Waals surface area contributed by atoms with Gasteiger partial charge < -0.3 is 25.3 Å². The molecule has 0 radical (unpaired) electrons. The average Bonchev–Trinajstić information content (AvgIpc) is 3.39. The number of carbonyl (C=O) groups excluding carboxylic acids is 1. The number of nitrogens with one attached hydrogen (secondary N) is 4. The molecule has 1 saturated carbocycles. The van der Waals surface area contributed by atoms with E-state index in [0.29, 0.717) is 13.0 Å². The molecule has 11 heteroatoms. The van der Waals surface area contributed by atoms with Gasteiger partial charge >= 0.3 is 12.3 Å². The lowest BCUT2D eigenvalue weighted by molar-refractivity contribution is -0.126. The van der Waals surface area contributed by atoms with Crippen molar-refractivity contribution in [1.82, 2.24) is 30.6 Å². The van der Waals surface area contributed by atoms with Gasteiger partial charge in [-0.1, -0.05) is 19.3 Å². The van der Waals surface area contributed by atoms with Crippen LogP contribution < -0.4 is 10.6 Å².